The van der Waals surface area contributed by atoms with Gasteiger partial charge in [0.25, 0.3) is 0 Å². The minimum absolute atomic E-state index is 0.391. The van der Waals surface area contributed by atoms with Crippen LogP contribution in [0.15, 0.2) is 53.6 Å². The third-order valence-corrected chi connectivity index (χ3v) is 3.54. The second-order valence-corrected chi connectivity index (χ2v) is 5.67. The first-order valence-corrected chi connectivity index (χ1v) is 7.96. The Bertz CT molecular complexity index is 788. The molecule has 7 heteroatoms. The van der Waals surface area contributed by atoms with Gasteiger partial charge in [0.2, 0.25) is 0 Å². The molecule has 0 aliphatic rings. The van der Waals surface area contributed by atoms with E-state index in [9.17, 15) is 9.90 Å². The maximum Gasteiger partial charge on any atom is 0.191 e. The van der Waals surface area contributed by atoms with E-state index < -0.39 is 12.6 Å². The summed E-state index contributed by atoms with van der Waals surface area (Å²) in [5, 5.41) is 18.1. The van der Waals surface area contributed by atoms with Crippen LogP contribution in [0.1, 0.15) is 18.1 Å². The number of ether oxygens (including phenoxy) is 1. The molecule has 0 heterocycles. The Hall–Kier alpha value is -2.93. The SMILES string of the molecule is C/C(=N/NC(=S)Nc1ccccc1C)c1ccc(OCC(=O)[O-])cc1. The molecule has 2 aromatic rings. The summed E-state index contributed by atoms with van der Waals surface area (Å²) in [5.74, 6) is -0.814. The van der Waals surface area contributed by atoms with Crippen LogP contribution < -0.4 is 20.6 Å². The van der Waals surface area contributed by atoms with Gasteiger partial charge >= 0.3 is 0 Å². The van der Waals surface area contributed by atoms with Crippen LogP contribution in [-0.4, -0.2) is 23.4 Å². The number of nitrogens with zero attached hydrogens (tertiary/aromatic N) is 1. The van der Waals surface area contributed by atoms with Crippen LogP contribution in [0.25, 0.3) is 0 Å². The Labute approximate surface area is 151 Å². The van der Waals surface area contributed by atoms with E-state index in [1.54, 1.807) is 24.3 Å². The van der Waals surface area contributed by atoms with E-state index in [1.165, 1.54) is 0 Å². The first kappa shape index (κ1) is 18.4. The van der Waals surface area contributed by atoms with Crippen molar-refractivity contribution in [2.24, 2.45) is 5.10 Å². The normalized spacial score (nSPS) is 10.9. The number of hydrogen-bond donors (Lipinski definition) is 2. The largest absolute Gasteiger partial charge is 0.546 e. The zero-order chi connectivity index (χ0) is 18.2. The van der Waals surface area contributed by atoms with E-state index in [-0.39, 0.29) is 0 Å². The van der Waals surface area contributed by atoms with E-state index in [2.05, 4.69) is 15.8 Å². The predicted octanol–water partition coefficient (Wildman–Crippen LogP) is 1.83. The van der Waals surface area contributed by atoms with E-state index in [4.69, 9.17) is 17.0 Å². The van der Waals surface area contributed by atoms with Crippen LogP contribution >= 0.6 is 12.2 Å². The van der Waals surface area contributed by atoms with Gasteiger partial charge in [-0.15, -0.1) is 0 Å². The van der Waals surface area contributed by atoms with Crippen molar-refractivity contribution in [1.82, 2.24) is 5.43 Å². The highest BCUT2D eigenvalue weighted by molar-refractivity contribution is 7.80. The number of carboxylic acids is 1. The van der Waals surface area contributed by atoms with Crippen molar-refractivity contribution in [2.75, 3.05) is 11.9 Å². The van der Waals surface area contributed by atoms with Gasteiger partial charge in [-0.3, -0.25) is 5.43 Å². The van der Waals surface area contributed by atoms with E-state index in [0.717, 1.165) is 22.5 Å². The molecule has 0 atom stereocenters. The fourth-order valence-corrected chi connectivity index (χ4v) is 2.15. The summed E-state index contributed by atoms with van der Waals surface area (Å²) in [6.07, 6.45) is 0. The molecular formula is C18H18N3O3S-. The molecule has 2 N–H and O–H groups in total. The molecule has 0 saturated carbocycles. The topological polar surface area (TPSA) is 85.8 Å². The standard InChI is InChI=1S/C18H19N3O3S/c1-12-5-3-4-6-16(12)19-18(25)21-20-13(2)14-7-9-15(10-8-14)24-11-17(22)23/h3-10H,11H2,1-2H3,(H,22,23)(H2,19,21,25)/p-1/b20-13-. The summed E-state index contributed by atoms with van der Waals surface area (Å²) in [7, 11) is 0. The summed E-state index contributed by atoms with van der Waals surface area (Å²) in [4.78, 5) is 10.4. The average Bonchev–Trinajstić information content (AvgIpc) is 2.60. The van der Waals surface area contributed by atoms with Gasteiger partial charge in [0.15, 0.2) is 5.11 Å². The molecule has 0 unspecified atom stereocenters. The number of carbonyl (C=O) groups is 1. The number of aryl methyl sites for hydroxylation is 1. The van der Waals surface area contributed by atoms with Gasteiger partial charge in [0.05, 0.1) is 11.7 Å². The number of thiocarbonyl (C=S) groups is 1. The Morgan fingerprint density at radius 2 is 1.88 bits per heavy atom. The molecule has 0 bridgehead atoms. The molecule has 0 fully saturated rings. The molecular weight excluding hydrogens is 338 g/mol. The minimum Gasteiger partial charge on any atom is -0.546 e. The summed E-state index contributed by atoms with van der Waals surface area (Å²) in [5.41, 5.74) is 6.38. The monoisotopic (exact) mass is 356 g/mol. The molecule has 0 aliphatic carbocycles. The quantitative estimate of drug-likeness (QED) is 0.467. The van der Waals surface area contributed by atoms with Gasteiger partial charge in [0, 0.05) is 5.69 Å². The number of carboxylic acid groups (broad SMARTS) is 1. The Kier molecular flexibility index (Phi) is 6.47. The van der Waals surface area contributed by atoms with Gasteiger partial charge in [-0.1, -0.05) is 18.2 Å². The number of benzene rings is 2. The smallest absolute Gasteiger partial charge is 0.191 e. The van der Waals surface area contributed by atoms with Gasteiger partial charge in [0.1, 0.15) is 12.4 Å². The van der Waals surface area contributed by atoms with E-state index in [1.807, 2.05) is 38.1 Å². The lowest BCUT2D eigenvalue weighted by molar-refractivity contribution is -0.307. The molecule has 0 aromatic heterocycles. The van der Waals surface area contributed by atoms with Crippen LogP contribution in [0.4, 0.5) is 5.69 Å². The number of nitrogens with one attached hydrogen (secondary N) is 2. The maximum atomic E-state index is 10.4. The molecule has 0 aliphatic heterocycles. The Balaban J connectivity index is 1.93. The van der Waals surface area contributed by atoms with Crippen molar-refractivity contribution in [3.63, 3.8) is 0 Å². The second-order valence-electron chi connectivity index (χ2n) is 5.26. The zero-order valence-corrected chi connectivity index (χ0v) is 14.7. The number of para-hydroxylation sites is 1. The highest BCUT2D eigenvalue weighted by Gasteiger charge is 2.02. The number of hydrogen-bond acceptors (Lipinski definition) is 5. The molecule has 0 saturated heterocycles. The Morgan fingerprint density at radius 3 is 2.52 bits per heavy atom. The molecule has 25 heavy (non-hydrogen) atoms. The van der Waals surface area contributed by atoms with Gasteiger partial charge in [-0.2, -0.15) is 5.10 Å². The Morgan fingerprint density at radius 1 is 1.20 bits per heavy atom. The third-order valence-electron chi connectivity index (χ3n) is 3.35. The zero-order valence-electron chi connectivity index (χ0n) is 13.9. The van der Waals surface area contributed by atoms with Gasteiger partial charge < -0.3 is 20.0 Å². The fraction of sp³-hybridized carbons (Fsp3) is 0.167. The molecule has 0 spiro atoms. The van der Waals surface area contributed by atoms with Crippen molar-refractivity contribution < 1.29 is 14.6 Å². The van der Waals surface area contributed by atoms with Gasteiger partial charge in [-0.05, 0) is 67.5 Å². The van der Waals surface area contributed by atoms with Crippen LogP contribution in [0.3, 0.4) is 0 Å². The molecule has 0 radical (unpaired) electrons. The minimum atomic E-state index is -1.26. The average molecular weight is 356 g/mol. The van der Waals surface area contributed by atoms with Crippen LogP contribution in [0.5, 0.6) is 5.75 Å². The first-order chi connectivity index (χ1) is 12.0. The molecule has 0 amide bonds. The fourth-order valence-electron chi connectivity index (χ4n) is 2.00. The van der Waals surface area contributed by atoms with Crippen molar-refractivity contribution in [1.29, 1.82) is 0 Å². The summed E-state index contributed by atoms with van der Waals surface area (Å²) in [6, 6.07) is 14.7. The lowest BCUT2D eigenvalue weighted by atomic mass is 10.1. The van der Waals surface area contributed by atoms with Crippen LogP contribution in [0.2, 0.25) is 0 Å². The molecule has 130 valence electrons. The van der Waals surface area contributed by atoms with Crippen molar-refractivity contribution in [2.45, 2.75) is 13.8 Å². The van der Waals surface area contributed by atoms with Crippen molar-refractivity contribution in [3.8, 4) is 5.75 Å². The number of carbonyl (C=O) groups excluding carboxylic acids is 1. The number of aliphatic carboxylic acids is 1. The maximum absolute atomic E-state index is 10.4. The highest BCUT2D eigenvalue weighted by atomic mass is 32.1. The highest BCUT2D eigenvalue weighted by Crippen LogP contribution is 2.14. The number of anilines is 1. The third kappa shape index (κ3) is 5.89. The number of rotatable bonds is 6. The van der Waals surface area contributed by atoms with Crippen LogP contribution in [-0.2, 0) is 4.79 Å². The lowest BCUT2D eigenvalue weighted by Crippen LogP contribution is -2.28. The number of hydrazone groups is 1. The van der Waals surface area contributed by atoms with Crippen molar-refractivity contribution >= 4 is 34.7 Å². The predicted molar refractivity (Wildman–Crippen MR) is 99.7 cm³/mol. The van der Waals surface area contributed by atoms with E-state index >= 15 is 0 Å². The molecule has 6 nitrogen and oxygen atoms in total. The second kappa shape index (κ2) is 8.79. The van der Waals surface area contributed by atoms with Gasteiger partial charge in [-0.25, -0.2) is 0 Å². The van der Waals surface area contributed by atoms with Crippen LogP contribution in [0, 0.1) is 6.92 Å². The lowest BCUT2D eigenvalue weighted by Gasteiger charge is -2.10. The van der Waals surface area contributed by atoms with E-state index in [0.29, 0.717) is 10.9 Å². The summed E-state index contributed by atoms with van der Waals surface area (Å²) >= 11 is 5.23. The van der Waals surface area contributed by atoms with Crippen molar-refractivity contribution in [3.05, 3.63) is 59.7 Å². The summed E-state index contributed by atoms with van der Waals surface area (Å²) in [6.45, 7) is 3.34. The molecule has 2 rings (SSSR count). The first-order valence-electron chi connectivity index (χ1n) is 7.55. The summed E-state index contributed by atoms with van der Waals surface area (Å²) < 4.78 is 5.03. The molecule has 2 aromatic carbocycles.